The van der Waals surface area contributed by atoms with Crippen LogP contribution in [0.25, 0.3) is 0 Å². The number of carbonyl (C=O) groups excluding carboxylic acids is 1. The highest BCUT2D eigenvalue weighted by Crippen LogP contribution is 2.32. The van der Waals surface area contributed by atoms with Crippen molar-refractivity contribution in [1.29, 1.82) is 0 Å². The molecule has 138 valence electrons. The molecule has 2 aliphatic heterocycles. The number of piperidine rings is 1. The molecule has 1 spiro atoms. The number of aromatic nitrogens is 1. The number of likely N-dealkylation sites (tertiary alicyclic amines) is 1. The van der Waals surface area contributed by atoms with Crippen LogP contribution in [0.4, 0.5) is 0 Å². The van der Waals surface area contributed by atoms with Gasteiger partial charge in [-0.3, -0.25) is 4.79 Å². The fourth-order valence-electron chi connectivity index (χ4n) is 4.07. The molecule has 1 atom stereocenters. The summed E-state index contributed by atoms with van der Waals surface area (Å²) < 4.78 is 13.7. The van der Waals surface area contributed by atoms with Crippen LogP contribution in [0.2, 0.25) is 0 Å². The van der Waals surface area contributed by atoms with E-state index in [4.69, 9.17) is 9.47 Å². The molecule has 0 unspecified atom stereocenters. The molecule has 0 radical (unpaired) electrons. The minimum absolute atomic E-state index is 0.0218. The molecule has 2 aliphatic rings. The number of rotatable bonds is 4. The first-order chi connectivity index (χ1) is 12.7. The van der Waals surface area contributed by atoms with Crippen molar-refractivity contribution in [3.05, 3.63) is 59.9 Å². The topological polar surface area (TPSA) is 43.7 Å². The minimum Gasteiger partial charge on any atom is -0.347 e. The molecule has 0 aliphatic carbocycles. The van der Waals surface area contributed by atoms with E-state index in [1.54, 1.807) is 0 Å². The molecule has 0 N–H and O–H groups in total. The number of hydrogen-bond acceptors (Lipinski definition) is 3. The van der Waals surface area contributed by atoms with E-state index in [0.717, 1.165) is 12.8 Å². The first-order valence-electron chi connectivity index (χ1n) is 9.41. The molecule has 2 saturated heterocycles. The zero-order valence-corrected chi connectivity index (χ0v) is 15.3. The van der Waals surface area contributed by atoms with Gasteiger partial charge in [-0.2, -0.15) is 0 Å². The average molecular weight is 354 g/mol. The maximum Gasteiger partial charge on any atom is 0.225 e. The van der Waals surface area contributed by atoms with Crippen LogP contribution in [0.3, 0.4) is 0 Å². The lowest BCUT2D eigenvalue weighted by molar-refractivity contribution is -0.187. The Bertz CT molecular complexity index is 740. The van der Waals surface area contributed by atoms with Crippen molar-refractivity contribution in [2.45, 2.75) is 38.0 Å². The van der Waals surface area contributed by atoms with Crippen LogP contribution in [-0.4, -0.2) is 47.5 Å². The number of hydrogen-bond donors (Lipinski definition) is 0. The monoisotopic (exact) mass is 354 g/mol. The summed E-state index contributed by atoms with van der Waals surface area (Å²) in [7, 11) is 0. The fraction of sp³-hybridized carbons (Fsp3) is 0.476. The van der Waals surface area contributed by atoms with Crippen molar-refractivity contribution >= 4 is 5.91 Å². The highest BCUT2D eigenvalue weighted by molar-refractivity contribution is 5.77. The van der Waals surface area contributed by atoms with Gasteiger partial charge in [0.2, 0.25) is 5.91 Å². The summed E-state index contributed by atoms with van der Waals surface area (Å²) in [5.41, 5.74) is 2.41. The third-order valence-electron chi connectivity index (χ3n) is 5.59. The Hall–Kier alpha value is -2.11. The summed E-state index contributed by atoms with van der Waals surface area (Å²) in [6.07, 6.45) is 6.06. The molecule has 2 aromatic rings. The van der Waals surface area contributed by atoms with Gasteiger partial charge in [0.25, 0.3) is 0 Å². The van der Waals surface area contributed by atoms with Gasteiger partial charge in [0, 0.05) is 38.3 Å². The molecule has 5 heteroatoms. The van der Waals surface area contributed by atoms with Crippen molar-refractivity contribution in [2.75, 3.05) is 26.3 Å². The fourth-order valence-corrected chi connectivity index (χ4v) is 4.07. The number of nitrogens with zero attached hydrogens (tertiary/aromatic N) is 2. The summed E-state index contributed by atoms with van der Waals surface area (Å²) in [6.45, 7) is 4.83. The van der Waals surface area contributed by atoms with Crippen molar-refractivity contribution in [3.63, 3.8) is 0 Å². The first-order valence-corrected chi connectivity index (χ1v) is 9.41. The SMILES string of the molecule is Cc1ccccc1[C@@H](CC(=O)N1CCC2(CC1)OCCO2)n1cccc1. The summed E-state index contributed by atoms with van der Waals surface area (Å²) in [6, 6.07) is 12.4. The second kappa shape index (κ2) is 7.25. The summed E-state index contributed by atoms with van der Waals surface area (Å²) >= 11 is 0. The summed E-state index contributed by atoms with van der Waals surface area (Å²) in [5.74, 6) is -0.244. The predicted octanol–water partition coefficient (Wildman–Crippen LogP) is 3.14. The third-order valence-corrected chi connectivity index (χ3v) is 5.59. The maximum atomic E-state index is 13.0. The molecule has 3 heterocycles. The molecule has 0 bridgehead atoms. The van der Waals surface area contributed by atoms with Gasteiger partial charge < -0.3 is 18.9 Å². The number of ether oxygens (including phenoxy) is 2. The molecule has 4 rings (SSSR count). The Morgan fingerprint density at radius 1 is 1.08 bits per heavy atom. The van der Waals surface area contributed by atoms with Gasteiger partial charge in [-0.15, -0.1) is 0 Å². The normalized spacial score (nSPS) is 20.4. The van der Waals surface area contributed by atoms with Gasteiger partial charge in [-0.1, -0.05) is 24.3 Å². The summed E-state index contributed by atoms with van der Waals surface area (Å²) in [5, 5.41) is 0. The highest BCUT2D eigenvalue weighted by Gasteiger charge is 2.41. The van der Waals surface area contributed by atoms with Gasteiger partial charge in [0.1, 0.15) is 0 Å². The zero-order chi connectivity index (χ0) is 18.0. The van der Waals surface area contributed by atoms with Crippen LogP contribution in [0.1, 0.15) is 36.4 Å². The standard InChI is InChI=1S/C21H26N2O3/c1-17-6-2-3-7-18(17)19(22-10-4-5-11-22)16-20(24)23-12-8-21(9-13-23)25-14-15-26-21/h2-7,10-11,19H,8-9,12-16H2,1H3/t19-/m1/s1. The van der Waals surface area contributed by atoms with E-state index in [2.05, 4.69) is 23.6 Å². The molecule has 2 fully saturated rings. The van der Waals surface area contributed by atoms with Crippen LogP contribution in [-0.2, 0) is 14.3 Å². The van der Waals surface area contributed by atoms with E-state index < -0.39 is 5.79 Å². The number of carbonyl (C=O) groups is 1. The Morgan fingerprint density at radius 2 is 1.73 bits per heavy atom. The molecule has 1 amide bonds. The van der Waals surface area contributed by atoms with E-state index in [1.165, 1.54) is 11.1 Å². The number of aryl methyl sites for hydroxylation is 1. The second-order valence-corrected chi connectivity index (χ2v) is 7.20. The lowest BCUT2D eigenvalue weighted by Crippen LogP contribution is -2.47. The average Bonchev–Trinajstić information content (AvgIpc) is 3.33. The zero-order valence-electron chi connectivity index (χ0n) is 15.3. The Kier molecular flexibility index (Phi) is 4.83. The van der Waals surface area contributed by atoms with Gasteiger partial charge in [0.15, 0.2) is 5.79 Å². The van der Waals surface area contributed by atoms with Crippen molar-refractivity contribution in [3.8, 4) is 0 Å². The van der Waals surface area contributed by atoms with Crippen LogP contribution in [0.15, 0.2) is 48.8 Å². The second-order valence-electron chi connectivity index (χ2n) is 7.20. The van der Waals surface area contributed by atoms with Crippen LogP contribution in [0, 0.1) is 6.92 Å². The molecular weight excluding hydrogens is 328 g/mol. The van der Waals surface area contributed by atoms with E-state index in [-0.39, 0.29) is 11.9 Å². The molecule has 26 heavy (non-hydrogen) atoms. The van der Waals surface area contributed by atoms with E-state index in [9.17, 15) is 4.79 Å². The largest absolute Gasteiger partial charge is 0.347 e. The van der Waals surface area contributed by atoms with E-state index in [1.807, 2.05) is 41.6 Å². The van der Waals surface area contributed by atoms with Gasteiger partial charge >= 0.3 is 0 Å². The van der Waals surface area contributed by atoms with Crippen molar-refractivity contribution in [2.24, 2.45) is 0 Å². The molecule has 0 saturated carbocycles. The lowest BCUT2D eigenvalue weighted by Gasteiger charge is -2.38. The maximum absolute atomic E-state index is 13.0. The summed E-state index contributed by atoms with van der Waals surface area (Å²) in [4.78, 5) is 15.0. The van der Waals surface area contributed by atoms with Crippen LogP contribution < -0.4 is 0 Å². The third kappa shape index (κ3) is 3.41. The predicted molar refractivity (Wildman–Crippen MR) is 98.8 cm³/mol. The van der Waals surface area contributed by atoms with Crippen LogP contribution >= 0.6 is 0 Å². The van der Waals surface area contributed by atoms with Gasteiger partial charge in [0.05, 0.1) is 25.7 Å². The quantitative estimate of drug-likeness (QED) is 0.847. The van der Waals surface area contributed by atoms with Crippen LogP contribution in [0.5, 0.6) is 0 Å². The Labute approximate surface area is 154 Å². The highest BCUT2D eigenvalue weighted by atomic mass is 16.7. The first kappa shape index (κ1) is 17.3. The van der Waals surface area contributed by atoms with Crippen molar-refractivity contribution in [1.82, 2.24) is 9.47 Å². The minimum atomic E-state index is -0.438. The number of amides is 1. The Morgan fingerprint density at radius 3 is 2.38 bits per heavy atom. The molecular formula is C21H26N2O3. The smallest absolute Gasteiger partial charge is 0.225 e. The molecule has 1 aromatic heterocycles. The van der Waals surface area contributed by atoms with Gasteiger partial charge in [-0.05, 0) is 30.2 Å². The van der Waals surface area contributed by atoms with Crippen molar-refractivity contribution < 1.29 is 14.3 Å². The van der Waals surface area contributed by atoms with E-state index >= 15 is 0 Å². The molecule has 5 nitrogen and oxygen atoms in total. The lowest BCUT2D eigenvalue weighted by atomic mass is 9.97. The van der Waals surface area contributed by atoms with Gasteiger partial charge in [-0.25, -0.2) is 0 Å². The Balaban J connectivity index is 1.48. The molecule has 1 aromatic carbocycles. The van der Waals surface area contributed by atoms with E-state index in [0.29, 0.717) is 32.7 Å². The number of benzene rings is 1.